The van der Waals surface area contributed by atoms with Gasteiger partial charge in [0.05, 0.1) is 5.92 Å². The number of nitrogens with zero attached hydrogens (tertiary/aromatic N) is 1. The second-order valence-electron chi connectivity index (χ2n) is 5.91. The third-order valence-corrected chi connectivity index (χ3v) is 3.70. The normalized spacial score (nSPS) is 12.8. The largest absolute Gasteiger partial charge is 0.481 e. The van der Waals surface area contributed by atoms with Gasteiger partial charge in [0.1, 0.15) is 0 Å². The first-order chi connectivity index (χ1) is 11.2. The van der Waals surface area contributed by atoms with Crippen molar-refractivity contribution < 1.29 is 19.5 Å². The molecule has 0 aliphatic heterocycles. The molecule has 0 aliphatic carbocycles. The van der Waals surface area contributed by atoms with E-state index in [4.69, 9.17) is 5.11 Å². The summed E-state index contributed by atoms with van der Waals surface area (Å²) < 4.78 is 0. The molecule has 24 heavy (non-hydrogen) atoms. The van der Waals surface area contributed by atoms with Crippen molar-refractivity contribution in [2.24, 2.45) is 5.92 Å². The van der Waals surface area contributed by atoms with Crippen LogP contribution in [0.25, 0.3) is 0 Å². The van der Waals surface area contributed by atoms with Gasteiger partial charge in [-0.15, -0.1) is 0 Å². The second-order valence-corrected chi connectivity index (χ2v) is 5.91. The van der Waals surface area contributed by atoms with Crippen molar-refractivity contribution >= 4 is 23.6 Å². The van der Waals surface area contributed by atoms with Gasteiger partial charge in [-0.2, -0.15) is 0 Å². The third kappa shape index (κ3) is 5.91. The maximum Gasteiger partial charge on any atom is 0.321 e. The minimum atomic E-state index is -0.952. The van der Waals surface area contributed by atoms with Gasteiger partial charge in [0, 0.05) is 30.9 Å². The van der Waals surface area contributed by atoms with Crippen molar-refractivity contribution in [3.05, 3.63) is 29.8 Å². The molecule has 3 amide bonds. The number of hydrogen-bond acceptors (Lipinski definition) is 3. The molecule has 0 aromatic heterocycles. The Bertz CT molecular complexity index is 586. The molecular formula is C17H25N3O4. The number of nitrogens with one attached hydrogen (secondary N) is 2. The van der Waals surface area contributed by atoms with Gasteiger partial charge in [-0.1, -0.05) is 13.8 Å². The lowest BCUT2D eigenvalue weighted by molar-refractivity contribution is -0.141. The van der Waals surface area contributed by atoms with Crippen LogP contribution in [0.5, 0.6) is 0 Å². The van der Waals surface area contributed by atoms with E-state index in [2.05, 4.69) is 10.6 Å². The van der Waals surface area contributed by atoms with Crippen LogP contribution in [-0.4, -0.2) is 47.5 Å². The number of amides is 3. The number of carboxylic acids is 1. The first-order valence-corrected chi connectivity index (χ1v) is 7.90. The molecule has 3 N–H and O–H groups in total. The van der Waals surface area contributed by atoms with Crippen molar-refractivity contribution in [3.8, 4) is 0 Å². The van der Waals surface area contributed by atoms with Gasteiger partial charge in [-0.05, 0) is 37.6 Å². The Hall–Kier alpha value is -2.57. The number of rotatable bonds is 7. The Morgan fingerprint density at radius 1 is 1.17 bits per heavy atom. The van der Waals surface area contributed by atoms with E-state index >= 15 is 0 Å². The minimum Gasteiger partial charge on any atom is -0.481 e. The van der Waals surface area contributed by atoms with Gasteiger partial charge in [-0.25, -0.2) is 4.79 Å². The summed E-state index contributed by atoms with van der Waals surface area (Å²) in [5.41, 5.74) is 1.05. The molecule has 2 unspecified atom stereocenters. The molecule has 0 saturated heterocycles. The topological polar surface area (TPSA) is 98.7 Å². The second kappa shape index (κ2) is 8.90. The fraction of sp³-hybridized carbons (Fsp3) is 0.471. The monoisotopic (exact) mass is 335 g/mol. The van der Waals surface area contributed by atoms with E-state index < -0.39 is 17.9 Å². The Morgan fingerprint density at radius 2 is 1.75 bits per heavy atom. The number of urea groups is 1. The zero-order chi connectivity index (χ0) is 18.3. The van der Waals surface area contributed by atoms with Crippen molar-refractivity contribution in [3.63, 3.8) is 0 Å². The van der Waals surface area contributed by atoms with Crippen LogP contribution in [0.1, 0.15) is 37.6 Å². The first kappa shape index (κ1) is 19.5. The average molecular weight is 335 g/mol. The quantitative estimate of drug-likeness (QED) is 0.712. The van der Waals surface area contributed by atoms with E-state index in [-0.39, 0.29) is 18.5 Å². The molecule has 0 aliphatic rings. The lowest BCUT2D eigenvalue weighted by Gasteiger charge is -2.20. The van der Waals surface area contributed by atoms with Gasteiger partial charge in [0.25, 0.3) is 5.91 Å². The van der Waals surface area contributed by atoms with Crippen LogP contribution < -0.4 is 10.6 Å². The highest BCUT2D eigenvalue weighted by Crippen LogP contribution is 2.11. The number of carboxylic acid groups (broad SMARTS) is 1. The summed E-state index contributed by atoms with van der Waals surface area (Å²) in [6.07, 6.45) is 0.848. The van der Waals surface area contributed by atoms with E-state index in [1.54, 1.807) is 24.3 Å². The molecule has 1 aromatic rings. The summed E-state index contributed by atoms with van der Waals surface area (Å²) >= 11 is 0. The average Bonchev–Trinajstić information content (AvgIpc) is 2.54. The van der Waals surface area contributed by atoms with Gasteiger partial charge in [0.2, 0.25) is 0 Å². The smallest absolute Gasteiger partial charge is 0.321 e. The molecule has 1 aromatic carbocycles. The number of benzene rings is 1. The summed E-state index contributed by atoms with van der Waals surface area (Å²) in [6.45, 7) is 5.57. The SMILES string of the molecule is CCC(C)NC(=O)c1ccc(NC(=O)N(C)CC(C)C(=O)O)cc1. The molecule has 132 valence electrons. The summed E-state index contributed by atoms with van der Waals surface area (Å²) in [5, 5.41) is 14.4. The van der Waals surface area contributed by atoms with Crippen molar-refractivity contribution in [2.75, 3.05) is 18.9 Å². The molecule has 0 fully saturated rings. The molecule has 1 rings (SSSR count). The Kier molecular flexibility index (Phi) is 7.23. The Labute approximate surface area is 142 Å². The molecule has 0 bridgehead atoms. The molecule has 0 radical (unpaired) electrons. The molecule has 7 heteroatoms. The summed E-state index contributed by atoms with van der Waals surface area (Å²) in [4.78, 5) is 36.1. The number of hydrogen-bond donors (Lipinski definition) is 3. The van der Waals surface area contributed by atoms with Gasteiger partial charge < -0.3 is 20.6 Å². The zero-order valence-corrected chi connectivity index (χ0v) is 14.5. The maximum absolute atomic E-state index is 12.0. The predicted octanol–water partition coefficient (Wildman–Crippen LogP) is 2.40. The molecule has 7 nitrogen and oxygen atoms in total. The van der Waals surface area contributed by atoms with E-state index in [1.165, 1.54) is 18.9 Å². The Morgan fingerprint density at radius 3 is 2.25 bits per heavy atom. The third-order valence-electron chi connectivity index (χ3n) is 3.70. The highest BCUT2D eigenvalue weighted by molar-refractivity contribution is 5.95. The van der Waals surface area contributed by atoms with E-state index in [9.17, 15) is 14.4 Å². The lowest BCUT2D eigenvalue weighted by atomic mass is 10.1. The van der Waals surface area contributed by atoms with Crippen LogP contribution in [0, 0.1) is 5.92 Å². The van der Waals surface area contributed by atoms with Crippen molar-refractivity contribution in [1.29, 1.82) is 0 Å². The molecule has 0 spiro atoms. The predicted molar refractivity (Wildman–Crippen MR) is 92.1 cm³/mol. The fourth-order valence-electron chi connectivity index (χ4n) is 1.90. The molecular weight excluding hydrogens is 310 g/mol. The van der Waals surface area contributed by atoms with Crippen LogP contribution in [-0.2, 0) is 4.79 Å². The minimum absolute atomic E-state index is 0.0988. The highest BCUT2D eigenvalue weighted by Gasteiger charge is 2.17. The number of aliphatic carboxylic acids is 1. The molecule has 0 heterocycles. The Balaban J connectivity index is 2.61. The van der Waals surface area contributed by atoms with Crippen LogP contribution in [0.4, 0.5) is 10.5 Å². The van der Waals surface area contributed by atoms with E-state index in [0.717, 1.165) is 6.42 Å². The van der Waals surface area contributed by atoms with Gasteiger partial charge in [0.15, 0.2) is 0 Å². The fourth-order valence-corrected chi connectivity index (χ4v) is 1.90. The van der Waals surface area contributed by atoms with Crippen LogP contribution in [0.3, 0.4) is 0 Å². The standard InChI is InChI=1S/C17H25N3O4/c1-5-12(3)18-15(21)13-6-8-14(9-7-13)19-17(24)20(4)10-11(2)16(22)23/h6-9,11-12H,5,10H2,1-4H3,(H,18,21)(H,19,24)(H,22,23). The van der Waals surface area contributed by atoms with Crippen molar-refractivity contribution in [1.82, 2.24) is 10.2 Å². The van der Waals surface area contributed by atoms with Crippen molar-refractivity contribution in [2.45, 2.75) is 33.2 Å². The summed E-state index contributed by atoms with van der Waals surface area (Å²) in [7, 11) is 1.53. The summed E-state index contributed by atoms with van der Waals surface area (Å²) in [6, 6.07) is 6.23. The van der Waals surface area contributed by atoms with E-state index in [1.807, 2.05) is 13.8 Å². The first-order valence-electron chi connectivity index (χ1n) is 7.90. The van der Waals surface area contributed by atoms with Gasteiger partial charge in [-0.3, -0.25) is 9.59 Å². The van der Waals surface area contributed by atoms with Crippen LogP contribution in [0.15, 0.2) is 24.3 Å². The zero-order valence-electron chi connectivity index (χ0n) is 14.5. The van der Waals surface area contributed by atoms with Crippen LogP contribution >= 0.6 is 0 Å². The maximum atomic E-state index is 12.0. The van der Waals surface area contributed by atoms with Gasteiger partial charge >= 0.3 is 12.0 Å². The number of anilines is 1. The van der Waals surface area contributed by atoms with E-state index in [0.29, 0.717) is 11.3 Å². The number of carbonyl (C=O) groups excluding carboxylic acids is 2. The molecule has 0 saturated carbocycles. The lowest BCUT2D eigenvalue weighted by Crippen LogP contribution is -2.36. The van der Waals surface area contributed by atoms with Crippen LogP contribution in [0.2, 0.25) is 0 Å². The summed E-state index contributed by atoms with van der Waals surface area (Å²) in [5.74, 6) is -1.76. The highest BCUT2D eigenvalue weighted by atomic mass is 16.4. The number of carbonyl (C=O) groups is 3. The molecule has 2 atom stereocenters.